The summed E-state index contributed by atoms with van der Waals surface area (Å²) in [5, 5.41) is 7.23. The molecule has 0 fully saturated rings. The van der Waals surface area contributed by atoms with Crippen LogP contribution in [0.25, 0.3) is 11.3 Å². The molecule has 4 rings (SSSR count). The highest BCUT2D eigenvalue weighted by Gasteiger charge is 2.27. The van der Waals surface area contributed by atoms with Crippen molar-refractivity contribution >= 4 is 28.2 Å². The lowest BCUT2D eigenvalue weighted by Crippen LogP contribution is -2.20. The second kappa shape index (κ2) is 10.1. The van der Waals surface area contributed by atoms with Crippen molar-refractivity contribution in [2.75, 3.05) is 18.5 Å². The molecule has 9 heteroatoms. The molecule has 32 heavy (non-hydrogen) atoms. The van der Waals surface area contributed by atoms with Crippen molar-refractivity contribution in [3.63, 3.8) is 0 Å². The van der Waals surface area contributed by atoms with Gasteiger partial charge in [0.25, 0.3) is 5.91 Å². The Labute approximate surface area is 188 Å². The zero-order valence-corrected chi connectivity index (χ0v) is 18.4. The van der Waals surface area contributed by atoms with Crippen molar-refractivity contribution in [3.8, 4) is 11.3 Å². The first-order valence-electron chi connectivity index (χ1n) is 10.5. The highest BCUT2D eigenvalue weighted by Crippen LogP contribution is 2.38. The normalized spacial score (nSPS) is 12.9. The van der Waals surface area contributed by atoms with Gasteiger partial charge in [0.2, 0.25) is 0 Å². The van der Waals surface area contributed by atoms with E-state index in [9.17, 15) is 14.0 Å². The number of aromatic nitrogens is 1. The van der Waals surface area contributed by atoms with Gasteiger partial charge in [-0.05, 0) is 62.4 Å². The topological polar surface area (TPSA) is 90.7 Å². The van der Waals surface area contributed by atoms with Crippen LogP contribution in [-0.2, 0) is 33.7 Å². The van der Waals surface area contributed by atoms with Crippen LogP contribution in [-0.4, -0.2) is 30.2 Å². The first kappa shape index (κ1) is 22.2. The average Bonchev–Trinajstić information content (AvgIpc) is 3.39. The Bertz CT molecular complexity index is 1110. The van der Waals surface area contributed by atoms with Gasteiger partial charge < -0.3 is 19.3 Å². The maximum Gasteiger partial charge on any atom is 0.341 e. The van der Waals surface area contributed by atoms with Gasteiger partial charge in [-0.3, -0.25) is 4.79 Å². The smallest absolute Gasteiger partial charge is 0.341 e. The largest absolute Gasteiger partial charge is 0.462 e. The summed E-state index contributed by atoms with van der Waals surface area (Å²) < 4.78 is 29.0. The third-order valence-corrected chi connectivity index (χ3v) is 6.28. The number of ether oxygens (including phenoxy) is 2. The maximum atomic E-state index is 13.1. The molecule has 1 aliphatic rings. The van der Waals surface area contributed by atoms with E-state index in [1.165, 1.54) is 23.5 Å². The molecule has 0 bridgehead atoms. The lowest BCUT2D eigenvalue weighted by atomic mass is 9.95. The van der Waals surface area contributed by atoms with Gasteiger partial charge in [0.15, 0.2) is 5.76 Å². The lowest BCUT2D eigenvalue weighted by Gasteiger charge is -2.12. The molecule has 1 aromatic carbocycles. The Balaban J connectivity index is 1.35. The predicted octanol–water partition coefficient (Wildman–Crippen LogP) is 4.75. The number of esters is 1. The zero-order valence-electron chi connectivity index (χ0n) is 17.6. The van der Waals surface area contributed by atoms with Crippen molar-refractivity contribution in [3.05, 3.63) is 57.8 Å². The third-order valence-electron chi connectivity index (χ3n) is 5.07. The molecule has 7 nitrogen and oxygen atoms in total. The summed E-state index contributed by atoms with van der Waals surface area (Å²) in [6.45, 7) is 1.90. The summed E-state index contributed by atoms with van der Waals surface area (Å²) in [6.07, 6.45) is 3.81. The Kier molecular flexibility index (Phi) is 6.96. The summed E-state index contributed by atoms with van der Waals surface area (Å²) in [5.74, 6) is -0.618. The van der Waals surface area contributed by atoms with Gasteiger partial charge in [0, 0.05) is 16.5 Å². The molecule has 2 heterocycles. The van der Waals surface area contributed by atoms with Crippen LogP contribution < -0.4 is 5.32 Å². The van der Waals surface area contributed by atoms with Gasteiger partial charge in [-0.25, -0.2) is 9.18 Å². The van der Waals surface area contributed by atoms with Gasteiger partial charge in [-0.2, -0.15) is 0 Å². The van der Waals surface area contributed by atoms with E-state index in [-0.39, 0.29) is 31.5 Å². The summed E-state index contributed by atoms with van der Waals surface area (Å²) in [6, 6.07) is 7.54. The number of benzene rings is 1. The molecular weight excluding hydrogens is 435 g/mol. The molecule has 0 aliphatic heterocycles. The molecule has 0 saturated heterocycles. The number of hydrogen-bond donors (Lipinski definition) is 1. The van der Waals surface area contributed by atoms with Crippen molar-refractivity contribution < 1.29 is 28.0 Å². The molecule has 0 saturated carbocycles. The van der Waals surface area contributed by atoms with Gasteiger partial charge in [0.05, 0.1) is 18.8 Å². The van der Waals surface area contributed by atoms with Crippen molar-refractivity contribution in [1.29, 1.82) is 0 Å². The fourth-order valence-corrected chi connectivity index (χ4v) is 4.91. The number of aryl methyl sites for hydroxylation is 1. The Morgan fingerprint density at radius 2 is 2.00 bits per heavy atom. The first-order valence-corrected chi connectivity index (χ1v) is 11.3. The number of nitrogens with zero attached hydrogens (tertiary/aromatic N) is 1. The summed E-state index contributed by atoms with van der Waals surface area (Å²) in [5.41, 5.74) is 2.67. The molecule has 1 amide bonds. The van der Waals surface area contributed by atoms with E-state index in [0.717, 1.165) is 36.1 Å². The fourth-order valence-electron chi connectivity index (χ4n) is 3.61. The minimum absolute atomic E-state index is 0.0732. The Morgan fingerprint density at radius 3 is 2.78 bits per heavy atom. The Hall–Kier alpha value is -3.04. The van der Waals surface area contributed by atoms with Crippen LogP contribution in [0.3, 0.4) is 0 Å². The molecule has 0 radical (unpaired) electrons. The SMILES string of the molecule is CCOC(=O)c1c(NC(=O)COCc2cc(-c3ccc(F)cc3)on2)sc2c1CCCC2. The van der Waals surface area contributed by atoms with Crippen LogP contribution in [0, 0.1) is 5.82 Å². The average molecular weight is 459 g/mol. The number of rotatable bonds is 8. The first-order chi connectivity index (χ1) is 15.5. The van der Waals surface area contributed by atoms with Gasteiger partial charge >= 0.3 is 5.97 Å². The summed E-state index contributed by atoms with van der Waals surface area (Å²) >= 11 is 1.43. The van der Waals surface area contributed by atoms with E-state index < -0.39 is 5.97 Å². The zero-order chi connectivity index (χ0) is 22.5. The number of anilines is 1. The van der Waals surface area contributed by atoms with Crippen molar-refractivity contribution in [2.24, 2.45) is 0 Å². The van der Waals surface area contributed by atoms with Gasteiger partial charge in [-0.15, -0.1) is 11.3 Å². The summed E-state index contributed by atoms with van der Waals surface area (Å²) in [7, 11) is 0. The third kappa shape index (κ3) is 5.05. The van der Waals surface area contributed by atoms with E-state index >= 15 is 0 Å². The predicted molar refractivity (Wildman–Crippen MR) is 117 cm³/mol. The van der Waals surface area contributed by atoms with Crippen LogP contribution in [0.15, 0.2) is 34.9 Å². The van der Waals surface area contributed by atoms with E-state index in [1.54, 1.807) is 25.1 Å². The van der Waals surface area contributed by atoms with Crippen LogP contribution in [0.2, 0.25) is 0 Å². The minimum atomic E-state index is -0.404. The molecule has 168 valence electrons. The lowest BCUT2D eigenvalue weighted by molar-refractivity contribution is -0.121. The van der Waals surface area contributed by atoms with Crippen LogP contribution >= 0.6 is 11.3 Å². The van der Waals surface area contributed by atoms with Crippen LogP contribution in [0.5, 0.6) is 0 Å². The number of nitrogens with one attached hydrogen (secondary N) is 1. The molecule has 3 aromatic rings. The number of carbonyl (C=O) groups is 2. The Morgan fingerprint density at radius 1 is 1.22 bits per heavy atom. The van der Waals surface area contributed by atoms with Gasteiger partial charge in [0.1, 0.15) is 23.1 Å². The van der Waals surface area contributed by atoms with Crippen LogP contribution in [0.1, 0.15) is 46.3 Å². The van der Waals surface area contributed by atoms with Crippen molar-refractivity contribution in [1.82, 2.24) is 5.16 Å². The minimum Gasteiger partial charge on any atom is -0.462 e. The van der Waals surface area contributed by atoms with Gasteiger partial charge in [-0.1, -0.05) is 5.16 Å². The molecule has 0 atom stereocenters. The molecule has 0 unspecified atom stereocenters. The highest BCUT2D eigenvalue weighted by atomic mass is 32.1. The monoisotopic (exact) mass is 458 g/mol. The molecule has 0 spiro atoms. The quantitative estimate of drug-likeness (QED) is 0.490. The van der Waals surface area contributed by atoms with Crippen molar-refractivity contribution in [2.45, 2.75) is 39.2 Å². The molecule has 2 aromatic heterocycles. The number of amides is 1. The molecular formula is C23H23FN2O5S. The number of halogens is 1. The second-order valence-electron chi connectivity index (χ2n) is 7.37. The van der Waals surface area contributed by atoms with E-state index in [1.807, 2.05) is 0 Å². The highest BCUT2D eigenvalue weighted by molar-refractivity contribution is 7.17. The van der Waals surface area contributed by atoms with Crippen LogP contribution in [0.4, 0.5) is 9.39 Å². The number of hydrogen-bond acceptors (Lipinski definition) is 7. The second-order valence-corrected chi connectivity index (χ2v) is 8.47. The molecule has 1 aliphatic carbocycles. The van der Waals surface area contributed by atoms with E-state index in [2.05, 4.69) is 10.5 Å². The number of thiophene rings is 1. The summed E-state index contributed by atoms with van der Waals surface area (Å²) in [4.78, 5) is 26.1. The fraction of sp³-hybridized carbons (Fsp3) is 0.348. The number of carbonyl (C=O) groups excluding carboxylic acids is 2. The van der Waals surface area contributed by atoms with E-state index in [4.69, 9.17) is 14.0 Å². The maximum absolute atomic E-state index is 13.1. The molecule has 1 N–H and O–H groups in total. The standard InChI is InChI=1S/C23H23FN2O5S/c1-2-30-23(28)21-17-5-3-4-6-19(17)32-22(21)25-20(27)13-29-12-16-11-18(31-26-16)14-7-9-15(24)10-8-14/h7-11H,2-6,12-13H2,1H3,(H,25,27). The van der Waals surface area contributed by atoms with E-state index in [0.29, 0.717) is 27.6 Å². The number of fused-ring (bicyclic) bond motifs is 1.